The van der Waals surface area contributed by atoms with E-state index in [9.17, 15) is 8.76 Å². The molecule has 0 N–H and O–H groups in total. The lowest BCUT2D eigenvalue weighted by molar-refractivity contribution is 0.536. The molecule has 0 fully saturated rings. The van der Waals surface area contributed by atoms with Crippen LogP contribution in [0, 0.1) is 0 Å². The second-order valence-corrected chi connectivity index (χ2v) is 3.93. The van der Waals surface area contributed by atoms with Crippen LogP contribution in [-0.2, 0) is 11.1 Å². The summed E-state index contributed by atoms with van der Waals surface area (Å²) in [5.74, 6) is -0.327. The van der Waals surface area contributed by atoms with Gasteiger partial charge in [0.2, 0.25) is 0 Å². The van der Waals surface area contributed by atoms with Crippen LogP contribution in [0.4, 0.5) is 5.69 Å². The third kappa shape index (κ3) is 2.68. The fraction of sp³-hybridized carbons (Fsp3) is 0.100. The second kappa shape index (κ2) is 4.91. The number of pyridine rings is 1. The number of benzene rings is 1. The van der Waals surface area contributed by atoms with Gasteiger partial charge in [0.15, 0.2) is 0 Å². The highest BCUT2D eigenvalue weighted by Gasteiger charge is 1.95. The summed E-state index contributed by atoms with van der Waals surface area (Å²) in [6, 6.07) is 9.41. The highest BCUT2D eigenvalue weighted by atomic mass is 32.2. The highest BCUT2D eigenvalue weighted by Crippen LogP contribution is 2.18. The Morgan fingerprint density at radius 3 is 3.00 bits per heavy atom. The quantitative estimate of drug-likeness (QED) is 0.603. The topological polar surface area (TPSA) is 77.7 Å². The molecule has 6 heteroatoms. The van der Waals surface area contributed by atoms with Crippen molar-refractivity contribution >= 4 is 27.7 Å². The fourth-order valence-corrected chi connectivity index (χ4v) is 1.42. The predicted molar refractivity (Wildman–Crippen MR) is 60.0 cm³/mol. The van der Waals surface area contributed by atoms with Gasteiger partial charge in [-0.25, -0.2) is 0 Å². The Bertz CT molecular complexity index is 557. The Morgan fingerprint density at radius 1 is 1.38 bits per heavy atom. The molecule has 0 aliphatic rings. The van der Waals surface area contributed by atoms with Gasteiger partial charge >= 0.3 is 0 Å². The van der Waals surface area contributed by atoms with Gasteiger partial charge in [-0.2, -0.15) is 10.2 Å². The largest absolute Gasteiger partial charge is 0.771 e. The molecule has 82 valence electrons. The molecule has 0 saturated heterocycles. The average molecular weight is 234 g/mol. The smallest absolute Gasteiger partial charge is 0.122 e. The van der Waals surface area contributed by atoms with Crippen LogP contribution in [0.25, 0.3) is 10.9 Å². The SMILES string of the molecule is O=S([O-])CN=Nc1cnc2ccccc2c1. The fourth-order valence-electron chi connectivity index (χ4n) is 1.27. The number of hydrogen-bond donors (Lipinski definition) is 0. The summed E-state index contributed by atoms with van der Waals surface area (Å²) < 4.78 is 20.5. The maximum absolute atomic E-state index is 10.2. The van der Waals surface area contributed by atoms with Crippen LogP contribution in [0.3, 0.4) is 0 Å². The molecule has 0 bridgehead atoms. The molecular weight excluding hydrogens is 226 g/mol. The third-order valence-electron chi connectivity index (χ3n) is 1.93. The predicted octanol–water partition coefficient (Wildman–Crippen LogP) is 2.16. The van der Waals surface area contributed by atoms with Crippen molar-refractivity contribution in [3.05, 3.63) is 36.5 Å². The molecule has 16 heavy (non-hydrogen) atoms. The zero-order valence-corrected chi connectivity index (χ0v) is 9.05. The van der Waals surface area contributed by atoms with Crippen molar-refractivity contribution in [1.29, 1.82) is 0 Å². The molecule has 0 spiro atoms. The van der Waals surface area contributed by atoms with Gasteiger partial charge in [0.25, 0.3) is 0 Å². The van der Waals surface area contributed by atoms with Crippen molar-refractivity contribution in [2.45, 2.75) is 0 Å². The van der Waals surface area contributed by atoms with Gasteiger partial charge < -0.3 is 4.55 Å². The summed E-state index contributed by atoms with van der Waals surface area (Å²) in [6.07, 6.45) is 1.56. The number of hydrogen-bond acceptors (Lipinski definition) is 5. The van der Waals surface area contributed by atoms with Crippen molar-refractivity contribution in [1.82, 2.24) is 4.98 Å². The van der Waals surface area contributed by atoms with E-state index in [0.29, 0.717) is 5.69 Å². The van der Waals surface area contributed by atoms with Crippen molar-refractivity contribution in [2.24, 2.45) is 10.2 Å². The maximum Gasteiger partial charge on any atom is 0.122 e. The third-order valence-corrected chi connectivity index (χ3v) is 2.25. The molecule has 2 rings (SSSR count). The van der Waals surface area contributed by atoms with E-state index in [1.54, 1.807) is 12.3 Å². The molecule has 1 aromatic carbocycles. The van der Waals surface area contributed by atoms with Crippen LogP contribution in [0.5, 0.6) is 0 Å². The first-order valence-electron chi connectivity index (χ1n) is 4.54. The van der Waals surface area contributed by atoms with Crippen molar-refractivity contribution < 1.29 is 8.76 Å². The molecule has 0 aliphatic carbocycles. The normalized spacial score (nSPS) is 13.3. The lowest BCUT2D eigenvalue weighted by atomic mass is 10.2. The van der Waals surface area contributed by atoms with Gasteiger partial charge in [0.1, 0.15) is 11.6 Å². The van der Waals surface area contributed by atoms with Crippen LogP contribution < -0.4 is 0 Å². The first kappa shape index (κ1) is 10.8. The average Bonchev–Trinajstić information content (AvgIpc) is 2.28. The standard InChI is InChI=1S/C10H9N3O2S/c14-16(15)7-12-13-9-5-8-3-1-2-4-10(8)11-6-9/h1-6H,7H2,(H,14,15)/p-1. The number of aromatic nitrogens is 1. The molecule has 0 radical (unpaired) electrons. The molecule has 1 atom stereocenters. The Labute approximate surface area is 94.5 Å². The molecule has 2 aromatic rings. The van der Waals surface area contributed by atoms with Crippen LogP contribution >= 0.6 is 0 Å². The number of fused-ring (bicyclic) bond motifs is 1. The zero-order chi connectivity index (χ0) is 11.4. The molecule has 0 aliphatic heterocycles. The van der Waals surface area contributed by atoms with Gasteiger partial charge in [0, 0.05) is 5.39 Å². The van der Waals surface area contributed by atoms with Crippen molar-refractivity contribution in [2.75, 3.05) is 5.88 Å². The first-order chi connectivity index (χ1) is 7.75. The van der Waals surface area contributed by atoms with Gasteiger partial charge in [0.05, 0.1) is 11.7 Å². The van der Waals surface area contributed by atoms with Crippen LogP contribution in [0.15, 0.2) is 46.8 Å². The number of para-hydroxylation sites is 1. The van der Waals surface area contributed by atoms with Gasteiger partial charge in [-0.15, -0.1) is 0 Å². The van der Waals surface area contributed by atoms with Crippen LogP contribution in [0.2, 0.25) is 0 Å². The summed E-state index contributed by atoms with van der Waals surface area (Å²) in [5.41, 5.74) is 1.41. The van der Waals surface area contributed by atoms with Gasteiger partial charge in [-0.3, -0.25) is 9.19 Å². The molecule has 1 heterocycles. The second-order valence-electron chi connectivity index (χ2n) is 3.06. The number of azo groups is 1. The van der Waals surface area contributed by atoms with E-state index in [1.807, 2.05) is 24.3 Å². The Kier molecular flexibility index (Phi) is 3.33. The lowest BCUT2D eigenvalue weighted by Gasteiger charge is -1.98. The van der Waals surface area contributed by atoms with Gasteiger partial charge in [-0.05, 0) is 23.2 Å². The van der Waals surface area contributed by atoms with E-state index < -0.39 is 11.1 Å². The van der Waals surface area contributed by atoms with Gasteiger partial charge in [-0.1, -0.05) is 18.2 Å². The lowest BCUT2D eigenvalue weighted by Crippen LogP contribution is -1.89. The monoisotopic (exact) mass is 234 g/mol. The minimum absolute atomic E-state index is 0.327. The Hall–Kier alpha value is -1.66. The van der Waals surface area contributed by atoms with Crippen LogP contribution in [-0.4, -0.2) is 19.6 Å². The van der Waals surface area contributed by atoms with E-state index >= 15 is 0 Å². The van der Waals surface area contributed by atoms with Crippen LogP contribution in [0.1, 0.15) is 0 Å². The minimum atomic E-state index is -2.20. The first-order valence-corrected chi connectivity index (χ1v) is 5.78. The number of rotatable bonds is 3. The molecule has 1 aromatic heterocycles. The summed E-state index contributed by atoms with van der Waals surface area (Å²) in [5, 5.41) is 8.23. The van der Waals surface area contributed by atoms with E-state index in [2.05, 4.69) is 15.2 Å². The van der Waals surface area contributed by atoms with E-state index in [1.165, 1.54) is 0 Å². The molecule has 1 unspecified atom stereocenters. The Balaban J connectivity index is 2.26. The maximum atomic E-state index is 10.2. The van der Waals surface area contributed by atoms with E-state index in [-0.39, 0.29) is 5.88 Å². The van der Waals surface area contributed by atoms with E-state index in [4.69, 9.17) is 0 Å². The summed E-state index contributed by atoms with van der Waals surface area (Å²) in [7, 11) is 0. The molecule has 0 amide bonds. The zero-order valence-electron chi connectivity index (χ0n) is 8.24. The molecular formula is C10H8N3O2S-. The minimum Gasteiger partial charge on any atom is -0.771 e. The Morgan fingerprint density at radius 2 is 2.19 bits per heavy atom. The van der Waals surface area contributed by atoms with Crippen molar-refractivity contribution in [3.8, 4) is 0 Å². The summed E-state index contributed by atoms with van der Waals surface area (Å²) in [4.78, 5) is 4.17. The van der Waals surface area contributed by atoms with Crippen molar-refractivity contribution in [3.63, 3.8) is 0 Å². The summed E-state index contributed by atoms with van der Waals surface area (Å²) >= 11 is -2.20. The highest BCUT2D eigenvalue weighted by molar-refractivity contribution is 7.79. The molecule has 0 saturated carbocycles. The van der Waals surface area contributed by atoms with E-state index in [0.717, 1.165) is 10.9 Å². The summed E-state index contributed by atoms with van der Waals surface area (Å²) in [6.45, 7) is 0. The number of nitrogens with zero attached hydrogens (tertiary/aromatic N) is 3. The molecule has 5 nitrogen and oxygen atoms in total.